The highest BCUT2D eigenvalue weighted by Gasteiger charge is 2.08. The van der Waals surface area contributed by atoms with Gasteiger partial charge < -0.3 is 11.1 Å². The van der Waals surface area contributed by atoms with Crippen molar-refractivity contribution in [2.45, 2.75) is 13.3 Å². The van der Waals surface area contributed by atoms with Gasteiger partial charge in [0.25, 0.3) is 0 Å². The third kappa shape index (κ3) is 1.95. The molecule has 0 radical (unpaired) electrons. The largest absolute Gasteiger partial charge is 0.393 e. The van der Waals surface area contributed by atoms with Crippen molar-refractivity contribution >= 4 is 11.5 Å². The van der Waals surface area contributed by atoms with Crippen molar-refractivity contribution in [1.82, 2.24) is 19.5 Å². The summed E-state index contributed by atoms with van der Waals surface area (Å²) in [4.78, 5) is 12.2. The van der Waals surface area contributed by atoms with Crippen molar-refractivity contribution in [3.63, 3.8) is 0 Å². The lowest BCUT2D eigenvalue weighted by Crippen LogP contribution is -2.09. The minimum atomic E-state index is 0.536. The number of hydrogen-bond donors (Lipinski definition) is 2. The van der Waals surface area contributed by atoms with Crippen LogP contribution in [-0.2, 0) is 0 Å². The Kier molecular flexibility index (Phi) is 3.00. The third-order valence-corrected chi connectivity index (χ3v) is 2.15. The molecule has 0 atom stereocenters. The van der Waals surface area contributed by atoms with E-state index in [4.69, 9.17) is 5.73 Å². The van der Waals surface area contributed by atoms with Crippen LogP contribution in [0.15, 0.2) is 25.0 Å². The van der Waals surface area contributed by atoms with Gasteiger partial charge in [0.05, 0.1) is 0 Å². The highest BCUT2D eigenvalue weighted by Crippen LogP contribution is 2.20. The fourth-order valence-electron chi connectivity index (χ4n) is 1.36. The molecule has 0 saturated carbocycles. The van der Waals surface area contributed by atoms with Crippen LogP contribution in [-0.4, -0.2) is 26.1 Å². The first-order valence-electron chi connectivity index (χ1n) is 5.15. The van der Waals surface area contributed by atoms with Crippen molar-refractivity contribution in [2.75, 3.05) is 17.6 Å². The molecule has 84 valence electrons. The molecule has 16 heavy (non-hydrogen) atoms. The summed E-state index contributed by atoms with van der Waals surface area (Å²) in [7, 11) is 0. The van der Waals surface area contributed by atoms with Gasteiger partial charge in [-0.2, -0.15) is 0 Å². The number of anilines is 2. The van der Waals surface area contributed by atoms with Crippen molar-refractivity contribution in [2.24, 2.45) is 0 Å². The molecule has 6 heteroatoms. The summed E-state index contributed by atoms with van der Waals surface area (Å²) in [5.74, 6) is 1.31. The van der Waals surface area contributed by atoms with Crippen LogP contribution >= 0.6 is 0 Å². The van der Waals surface area contributed by atoms with Crippen LogP contribution < -0.4 is 11.1 Å². The van der Waals surface area contributed by atoms with Crippen LogP contribution in [0.2, 0.25) is 0 Å². The lowest BCUT2D eigenvalue weighted by molar-refractivity contribution is 0.946. The van der Waals surface area contributed by atoms with Crippen LogP contribution in [0.4, 0.5) is 11.5 Å². The van der Waals surface area contributed by atoms with E-state index >= 15 is 0 Å². The molecule has 0 spiro atoms. The lowest BCUT2D eigenvalue weighted by atomic mass is 10.4. The molecule has 6 nitrogen and oxygen atoms in total. The first-order chi connectivity index (χ1) is 7.83. The van der Waals surface area contributed by atoms with Gasteiger partial charge in [-0.1, -0.05) is 6.92 Å². The Morgan fingerprint density at radius 2 is 2.31 bits per heavy atom. The number of imidazole rings is 1. The van der Waals surface area contributed by atoms with E-state index in [9.17, 15) is 0 Å². The second-order valence-corrected chi connectivity index (χ2v) is 3.36. The summed E-state index contributed by atoms with van der Waals surface area (Å²) < 4.78 is 1.76. The summed E-state index contributed by atoms with van der Waals surface area (Å²) in [5, 5.41) is 3.16. The van der Waals surface area contributed by atoms with E-state index in [1.54, 1.807) is 23.3 Å². The summed E-state index contributed by atoms with van der Waals surface area (Å²) in [5.41, 5.74) is 6.52. The van der Waals surface area contributed by atoms with E-state index in [0.29, 0.717) is 17.3 Å². The Hall–Kier alpha value is -2.11. The molecule has 2 aromatic rings. The molecule has 0 unspecified atom stereocenters. The van der Waals surface area contributed by atoms with Gasteiger partial charge in [-0.05, 0) is 6.42 Å². The van der Waals surface area contributed by atoms with E-state index in [1.165, 1.54) is 6.33 Å². The molecule has 2 heterocycles. The average molecular weight is 218 g/mol. The zero-order chi connectivity index (χ0) is 11.4. The molecule has 0 bridgehead atoms. The Morgan fingerprint density at radius 1 is 1.44 bits per heavy atom. The van der Waals surface area contributed by atoms with Gasteiger partial charge in [0.1, 0.15) is 18.3 Å². The Morgan fingerprint density at radius 3 is 3.00 bits per heavy atom. The van der Waals surface area contributed by atoms with E-state index in [0.717, 1.165) is 13.0 Å². The molecular formula is C10H14N6. The molecular weight excluding hydrogens is 204 g/mol. The molecule has 0 aliphatic carbocycles. The smallest absolute Gasteiger partial charge is 0.166 e. The van der Waals surface area contributed by atoms with Crippen molar-refractivity contribution in [3.05, 3.63) is 25.0 Å². The fourth-order valence-corrected chi connectivity index (χ4v) is 1.36. The molecule has 2 rings (SSSR count). The number of aromatic nitrogens is 4. The molecule has 2 aromatic heterocycles. The Labute approximate surface area is 93.6 Å². The molecule has 0 amide bonds. The molecule has 0 saturated heterocycles. The maximum Gasteiger partial charge on any atom is 0.166 e. The number of nitrogens with zero attached hydrogens (tertiary/aromatic N) is 4. The van der Waals surface area contributed by atoms with Crippen LogP contribution in [0.1, 0.15) is 13.3 Å². The Balaban J connectivity index is 2.33. The fraction of sp³-hybridized carbons (Fsp3) is 0.300. The molecule has 3 N–H and O–H groups in total. The maximum absolute atomic E-state index is 5.98. The monoisotopic (exact) mass is 218 g/mol. The van der Waals surface area contributed by atoms with Crippen LogP contribution in [0.25, 0.3) is 5.82 Å². The first-order valence-corrected chi connectivity index (χ1v) is 5.15. The van der Waals surface area contributed by atoms with Crippen molar-refractivity contribution in [1.29, 1.82) is 0 Å². The second kappa shape index (κ2) is 4.61. The van der Waals surface area contributed by atoms with Gasteiger partial charge in [-0.3, -0.25) is 4.57 Å². The number of nitrogens with two attached hydrogens (primary N) is 1. The second-order valence-electron chi connectivity index (χ2n) is 3.36. The van der Waals surface area contributed by atoms with Gasteiger partial charge >= 0.3 is 0 Å². The standard InChI is InChI=1S/C10H14N6/c1-2-3-13-9-8(11)10(15-6-14-9)16-5-4-12-7-16/h4-7H,2-3,11H2,1H3,(H,13,14,15). The molecule has 0 aromatic carbocycles. The molecule has 0 fully saturated rings. The van der Waals surface area contributed by atoms with E-state index in [1.807, 2.05) is 0 Å². The quantitative estimate of drug-likeness (QED) is 0.802. The minimum Gasteiger partial charge on any atom is -0.393 e. The summed E-state index contributed by atoms with van der Waals surface area (Å²) in [6.45, 7) is 2.92. The molecule has 0 aliphatic rings. The SMILES string of the molecule is CCCNc1ncnc(-n2ccnc2)c1N. The first kappa shape index (κ1) is 10.4. The van der Waals surface area contributed by atoms with Crippen LogP contribution in [0.3, 0.4) is 0 Å². The summed E-state index contributed by atoms with van der Waals surface area (Å²) in [6.07, 6.45) is 7.64. The zero-order valence-electron chi connectivity index (χ0n) is 9.09. The third-order valence-electron chi connectivity index (χ3n) is 2.15. The minimum absolute atomic E-state index is 0.536. The molecule has 0 aliphatic heterocycles. The summed E-state index contributed by atoms with van der Waals surface area (Å²) >= 11 is 0. The van der Waals surface area contributed by atoms with Gasteiger partial charge in [-0.25, -0.2) is 15.0 Å². The van der Waals surface area contributed by atoms with E-state index in [-0.39, 0.29) is 0 Å². The van der Waals surface area contributed by atoms with E-state index in [2.05, 4.69) is 27.2 Å². The number of rotatable bonds is 4. The average Bonchev–Trinajstić information content (AvgIpc) is 2.81. The van der Waals surface area contributed by atoms with Crippen molar-refractivity contribution < 1.29 is 0 Å². The number of nitrogen functional groups attached to an aromatic ring is 1. The van der Waals surface area contributed by atoms with Crippen molar-refractivity contribution in [3.8, 4) is 5.82 Å². The maximum atomic E-state index is 5.98. The Bertz CT molecular complexity index is 450. The normalized spacial score (nSPS) is 10.3. The number of hydrogen-bond acceptors (Lipinski definition) is 5. The lowest BCUT2D eigenvalue weighted by Gasteiger charge is -2.10. The van der Waals surface area contributed by atoms with Gasteiger partial charge in [-0.15, -0.1) is 0 Å². The highest BCUT2D eigenvalue weighted by atomic mass is 15.1. The number of nitrogens with one attached hydrogen (secondary N) is 1. The predicted molar refractivity (Wildman–Crippen MR) is 62.3 cm³/mol. The van der Waals surface area contributed by atoms with Gasteiger partial charge in [0, 0.05) is 18.9 Å². The topological polar surface area (TPSA) is 81.7 Å². The highest BCUT2D eigenvalue weighted by molar-refractivity contribution is 5.68. The summed E-state index contributed by atoms with van der Waals surface area (Å²) in [6, 6.07) is 0. The van der Waals surface area contributed by atoms with Crippen LogP contribution in [0.5, 0.6) is 0 Å². The van der Waals surface area contributed by atoms with E-state index < -0.39 is 0 Å². The zero-order valence-corrected chi connectivity index (χ0v) is 9.09. The van der Waals surface area contributed by atoms with Crippen LogP contribution in [0, 0.1) is 0 Å². The van der Waals surface area contributed by atoms with Gasteiger partial charge in [0.2, 0.25) is 0 Å². The predicted octanol–water partition coefficient (Wildman–Crippen LogP) is 1.07. The van der Waals surface area contributed by atoms with Gasteiger partial charge in [0.15, 0.2) is 11.6 Å².